The number of imide groups is 2. The van der Waals surface area contributed by atoms with Gasteiger partial charge in [0.25, 0.3) is 23.6 Å². The zero-order chi connectivity index (χ0) is 17.5. The van der Waals surface area contributed by atoms with Crippen molar-refractivity contribution in [3.63, 3.8) is 0 Å². The van der Waals surface area contributed by atoms with Gasteiger partial charge < -0.3 is 20.4 Å². The molecule has 4 amide bonds. The van der Waals surface area contributed by atoms with Gasteiger partial charge in [0.2, 0.25) is 0 Å². The average molecular weight is 330 g/mol. The Morgan fingerprint density at radius 3 is 0.875 bits per heavy atom. The van der Waals surface area contributed by atoms with Crippen LogP contribution in [0.2, 0.25) is 0 Å². The number of rotatable bonds is 0. The monoisotopic (exact) mass is 330 g/mol. The third-order valence-electron chi connectivity index (χ3n) is 4.01. The van der Waals surface area contributed by atoms with E-state index in [0.717, 1.165) is 0 Å². The first-order chi connectivity index (χ1) is 11.3. The molecular formula is C14H6N2O8. The first-order valence-electron chi connectivity index (χ1n) is 6.46. The van der Waals surface area contributed by atoms with Gasteiger partial charge in [-0.05, 0) is 0 Å². The Kier molecular flexibility index (Phi) is 2.26. The number of phenolic OH excluding ortho intramolecular Hbond substituents is 4. The van der Waals surface area contributed by atoms with Gasteiger partial charge in [0.1, 0.15) is 0 Å². The van der Waals surface area contributed by atoms with Crippen molar-refractivity contribution >= 4 is 34.4 Å². The molecule has 2 heterocycles. The second-order valence-corrected chi connectivity index (χ2v) is 5.21. The quantitative estimate of drug-likeness (QED) is 0.275. The van der Waals surface area contributed by atoms with Crippen molar-refractivity contribution in [2.45, 2.75) is 0 Å². The average Bonchev–Trinajstić information content (AvgIpc) is 2.49. The molecule has 2 aromatic rings. The summed E-state index contributed by atoms with van der Waals surface area (Å²) >= 11 is 0. The molecule has 0 saturated heterocycles. The van der Waals surface area contributed by atoms with Crippen LogP contribution in [0, 0.1) is 0 Å². The molecule has 10 heteroatoms. The van der Waals surface area contributed by atoms with Crippen LogP contribution in [0.4, 0.5) is 0 Å². The molecule has 24 heavy (non-hydrogen) atoms. The molecule has 0 aromatic heterocycles. The molecule has 2 aliphatic heterocycles. The minimum atomic E-state index is -1.10. The lowest BCUT2D eigenvalue weighted by Gasteiger charge is -2.26. The van der Waals surface area contributed by atoms with Gasteiger partial charge in [-0.25, -0.2) is 0 Å². The highest BCUT2D eigenvalue weighted by molar-refractivity contribution is 6.36. The summed E-state index contributed by atoms with van der Waals surface area (Å²) in [5, 5.41) is 43.0. The molecule has 0 spiro atoms. The normalized spacial score (nSPS) is 15.5. The number of nitrogens with one attached hydrogen (secondary N) is 2. The Morgan fingerprint density at radius 1 is 0.458 bits per heavy atom. The van der Waals surface area contributed by atoms with E-state index in [-0.39, 0.29) is 0 Å². The molecule has 0 saturated carbocycles. The maximum atomic E-state index is 12.0. The topological polar surface area (TPSA) is 173 Å². The Balaban J connectivity index is 2.45. The second-order valence-electron chi connectivity index (χ2n) is 5.21. The van der Waals surface area contributed by atoms with Crippen LogP contribution in [0.1, 0.15) is 41.4 Å². The summed E-state index contributed by atoms with van der Waals surface area (Å²) in [6, 6.07) is 0. The van der Waals surface area contributed by atoms with Crippen LogP contribution >= 0.6 is 0 Å². The van der Waals surface area contributed by atoms with Crippen molar-refractivity contribution in [2.75, 3.05) is 0 Å². The van der Waals surface area contributed by atoms with E-state index in [1.807, 2.05) is 10.6 Å². The zero-order valence-electron chi connectivity index (χ0n) is 11.4. The molecule has 6 N–H and O–H groups in total. The summed E-state index contributed by atoms with van der Waals surface area (Å²) in [7, 11) is 0. The Hall–Kier alpha value is -3.82. The van der Waals surface area contributed by atoms with Gasteiger partial charge in [-0.1, -0.05) is 0 Å². The molecule has 0 atom stereocenters. The number of carbonyl (C=O) groups is 4. The van der Waals surface area contributed by atoms with E-state index >= 15 is 0 Å². The largest absolute Gasteiger partial charge is 0.504 e. The van der Waals surface area contributed by atoms with Crippen molar-refractivity contribution in [1.82, 2.24) is 10.6 Å². The molecule has 120 valence electrons. The second kappa shape index (κ2) is 3.93. The van der Waals surface area contributed by atoms with Crippen LogP contribution in [0.25, 0.3) is 10.8 Å². The minimum absolute atomic E-state index is 0.400. The minimum Gasteiger partial charge on any atom is -0.504 e. The van der Waals surface area contributed by atoms with E-state index in [0.29, 0.717) is 0 Å². The fourth-order valence-corrected chi connectivity index (χ4v) is 3.04. The predicted molar refractivity (Wildman–Crippen MR) is 74.2 cm³/mol. The Labute approximate surface area is 130 Å². The van der Waals surface area contributed by atoms with Gasteiger partial charge in [-0.2, -0.15) is 0 Å². The number of carbonyl (C=O) groups excluding carboxylic acids is 4. The van der Waals surface area contributed by atoms with Gasteiger partial charge >= 0.3 is 0 Å². The van der Waals surface area contributed by atoms with E-state index in [2.05, 4.69) is 0 Å². The lowest BCUT2D eigenvalue weighted by molar-refractivity contribution is 0.0816. The summed E-state index contributed by atoms with van der Waals surface area (Å²) in [5.41, 5.74) is -2.39. The molecule has 2 aliphatic rings. The van der Waals surface area contributed by atoms with E-state index in [1.54, 1.807) is 0 Å². The predicted octanol–water partition coefficient (Wildman–Crippen LogP) is -0.571. The van der Waals surface area contributed by atoms with Crippen LogP contribution in [0.5, 0.6) is 23.0 Å². The first-order valence-corrected chi connectivity index (χ1v) is 6.46. The lowest BCUT2D eigenvalue weighted by Crippen LogP contribution is -2.38. The van der Waals surface area contributed by atoms with Crippen molar-refractivity contribution in [1.29, 1.82) is 0 Å². The first kappa shape index (κ1) is 13.8. The molecule has 2 aromatic carbocycles. The molecule has 0 aliphatic carbocycles. The summed E-state index contributed by atoms with van der Waals surface area (Å²) in [6.07, 6.45) is 0. The SMILES string of the molecule is O=C1NC(=O)c2c(O)c(O)c3c4c(c(O)c(O)c1c24)C(=O)NC3=O. The van der Waals surface area contributed by atoms with E-state index in [4.69, 9.17) is 0 Å². The lowest BCUT2D eigenvalue weighted by atomic mass is 9.84. The third kappa shape index (κ3) is 1.30. The zero-order valence-corrected chi connectivity index (χ0v) is 11.4. The van der Waals surface area contributed by atoms with Crippen molar-refractivity contribution in [2.24, 2.45) is 0 Å². The van der Waals surface area contributed by atoms with Crippen LogP contribution < -0.4 is 10.6 Å². The molecule has 10 nitrogen and oxygen atoms in total. The van der Waals surface area contributed by atoms with Gasteiger partial charge in [0, 0.05) is 10.8 Å². The highest BCUT2D eigenvalue weighted by Gasteiger charge is 2.42. The van der Waals surface area contributed by atoms with Gasteiger partial charge in [-0.3, -0.25) is 29.8 Å². The Morgan fingerprint density at radius 2 is 0.667 bits per heavy atom. The molecule has 0 radical (unpaired) electrons. The number of benzene rings is 2. The summed E-state index contributed by atoms with van der Waals surface area (Å²) < 4.78 is 0. The summed E-state index contributed by atoms with van der Waals surface area (Å²) in [6.45, 7) is 0. The van der Waals surface area contributed by atoms with Crippen molar-refractivity contribution in [3.05, 3.63) is 22.3 Å². The molecule has 0 unspecified atom stereocenters. The van der Waals surface area contributed by atoms with E-state index in [9.17, 15) is 39.6 Å². The fourth-order valence-electron chi connectivity index (χ4n) is 3.04. The van der Waals surface area contributed by atoms with Gasteiger partial charge in [0.15, 0.2) is 23.0 Å². The third-order valence-corrected chi connectivity index (χ3v) is 4.01. The molecule has 0 bridgehead atoms. The molecule has 4 rings (SSSR count). The standard InChI is InChI=1S/C14H6N2O8/c17-7-3-1-2-5(9(7)19)13(23)16-14(24)6(2)10(20)8(18)4(1)12(22)15-11(3)21/h17-20H,(H,15,21,22)(H,16,23,24). The highest BCUT2D eigenvalue weighted by Crippen LogP contribution is 2.50. The fraction of sp³-hybridized carbons (Fsp3) is 0. The van der Waals surface area contributed by atoms with Gasteiger partial charge in [-0.15, -0.1) is 0 Å². The number of amides is 4. The molecule has 0 fully saturated rings. The summed E-state index contributed by atoms with van der Waals surface area (Å²) in [4.78, 5) is 48.0. The van der Waals surface area contributed by atoms with Gasteiger partial charge in [0.05, 0.1) is 22.3 Å². The number of phenols is 4. The van der Waals surface area contributed by atoms with Crippen LogP contribution in [0.15, 0.2) is 0 Å². The Bertz CT molecular complexity index is 906. The number of hydrogen-bond donors (Lipinski definition) is 6. The van der Waals surface area contributed by atoms with Crippen LogP contribution in [-0.2, 0) is 0 Å². The number of aromatic hydroxyl groups is 4. The smallest absolute Gasteiger partial charge is 0.262 e. The molecular weight excluding hydrogens is 324 g/mol. The van der Waals surface area contributed by atoms with Crippen molar-refractivity contribution in [3.8, 4) is 23.0 Å². The van der Waals surface area contributed by atoms with Crippen LogP contribution in [-0.4, -0.2) is 44.1 Å². The van der Waals surface area contributed by atoms with E-state index in [1.165, 1.54) is 0 Å². The van der Waals surface area contributed by atoms with Crippen molar-refractivity contribution < 1.29 is 39.6 Å². The number of hydrogen-bond acceptors (Lipinski definition) is 8. The van der Waals surface area contributed by atoms with E-state index < -0.39 is 79.7 Å². The highest BCUT2D eigenvalue weighted by atomic mass is 16.3. The maximum absolute atomic E-state index is 12.0. The maximum Gasteiger partial charge on any atom is 0.262 e. The summed E-state index contributed by atoms with van der Waals surface area (Å²) in [5.74, 6) is -8.37. The van der Waals surface area contributed by atoms with Crippen LogP contribution in [0.3, 0.4) is 0 Å².